The topological polar surface area (TPSA) is 89.2 Å². The molecule has 2 heterocycles. The number of benzene rings is 1. The van der Waals surface area contributed by atoms with Crippen LogP contribution in [0.5, 0.6) is 0 Å². The molecular formula is C12H13ClN4O2S2. The Bertz CT molecular complexity index is 790. The van der Waals surface area contributed by atoms with Crippen molar-refractivity contribution in [3.63, 3.8) is 0 Å². The smallest absolute Gasteiger partial charge is 0.238 e. The second kappa shape index (κ2) is 5.20. The van der Waals surface area contributed by atoms with Crippen molar-refractivity contribution in [2.45, 2.75) is 30.8 Å². The molecule has 0 amide bonds. The molecule has 0 fully saturated rings. The molecule has 0 bridgehead atoms. The SMILES string of the molecule is C[C@@H]1Cc2cc(S(N)(=O)=O)ccc2N1Cc1nnsc1Cl. The summed E-state index contributed by atoms with van der Waals surface area (Å²) in [6.45, 7) is 2.63. The summed E-state index contributed by atoms with van der Waals surface area (Å²) >= 11 is 7.21. The molecule has 0 saturated carbocycles. The molecule has 6 nitrogen and oxygen atoms in total. The molecule has 2 N–H and O–H groups in total. The molecule has 112 valence electrons. The van der Waals surface area contributed by atoms with Crippen LogP contribution in [-0.4, -0.2) is 24.0 Å². The third-order valence-electron chi connectivity index (χ3n) is 3.57. The van der Waals surface area contributed by atoms with Gasteiger partial charge in [0.1, 0.15) is 10.0 Å². The van der Waals surface area contributed by atoms with Crippen LogP contribution < -0.4 is 10.0 Å². The number of hydrogen-bond acceptors (Lipinski definition) is 6. The minimum absolute atomic E-state index is 0.142. The van der Waals surface area contributed by atoms with Gasteiger partial charge in [-0.2, -0.15) is 0 Å². The predicted octanol–water partition coefficient (Wildman–Crippen LogP) is 1.79. The third kappa shape index (κ3) is 2.76. The number of rotatable bonds is 3. The van der Waals surface area contributed by atoms with E-state index in [1.165, 1.54) is 6.07 Å². The van der Waals surface area contributed by atoms with Crippen molar-refractivity contribution >= 4 is 38.8 Å². The number of aromatic nitrogens is 2. The van der Waals surface area contributed by atoms with Gasteiger partial charge in [0.25, 0.3) is 0 Å². The molecule has 0 spiro atoms. The van der Waals surface area contributed by atoms with Crippen LogP contribution in [-0.2, 0) is 23.0 Å². The van der Waals surface area contributed by atoms with Crippen LogP contribution in [0.4, 0.5) is 5.69 Å². The Labute approximate surface area is 131 Å². The third-order valence-corrected chi connectivity index (χ3v) is 5.46. The summed E-state index contributed by atoms with van der Waals surface area (Å²) in [5.41, 5.74) is 2.68. The van der Waals surface area contributed by atoms with Gasteiger partial charge in [0, 0.05) is 23.3 Å². The fraction of sp³-hybridized carbons (Fsp3) is 0.333. The molecule has 0 radical (unpaired) electrons. The average molecular weight is 345 g/mol. The molecule has 1 atom stereocenters. The van der Waals surface area contributed by atoms with Crippen LogP contribution in [0.25, 0.3) is 0 Å². The number of anilines is 1. The Morgan fingerprint density at radius 3 is 2.90 bits per heavy atom. The molecule has 21 heavy (non-hydrogen) atoms. The summed E-state index contributed by atoms with van der Waals surface area (Å²) in [6, 6.07) is 5.18. The largest absolute Gasteiger partial charge is 0.362 e. The van der Waals surface area contributed by atoms with Gasteiger partial charge in [-0.05, 0) is 37.1 Å². The molecule has 0 saturated heterocycles. The van der Waals surface area contributed by atoms with Crippen LogP contribution in [0.3, 0.4) is 0 Å². The molecule has 0 aliphatic carbocycles. The summed E-state index contributed by atoms with van der Waals surface area (Å²) < 4.78 is 27.3. The van der Waals surface area contributed by atoms with E-state index < -0.39 is 10.0 Å². The molecule has 1 aliphatic heterocycles. The Balaban J connectivity index is 1.95. The zero-order valence-corrected chi connectivity index (χ0v) is 13.5. The van der Waals surface area contributed by atoms with Gasteiger partial charge in [-0.3, -0.25) is 0 Å². The fourth-order valence-electron chi connectivity index (χ4n) is 2.54. The number of halogens is 1. The molecular weight excluding hydrogens is 332 g/mol. The van der Waals surface area contributed by atoms with E-state index >= 15 is 0 Å². The summed E-state index contributed by atoms with van der Waals surface area (Å²) in [7, 11) is -3.68. The number of nitrogens with zero attached hydrogens (tertiary/aromatic N) is 3. The van der Waals surface area contributed by atoms with Gasteiger partial charge in [-0.1, -0.05) is 16.1 Å². The summed E-state index contributed by atoms with van der Waals surface area (Å²) in [5.74, 6) is 0. The van der Waals surface area contributed by atoms with Crippen LogP contribution in [0.2, 0.25) is 4.34 Å². The molecule has 2 aromatic rings. The van der Waals surface area contributed by atoms with Crippen molar-refractivity contribution in [1.82, 2.24) is 9.59 Å². The van der Waals surface area contributed by atoms with Crippen LogP contribution >= 0.6 is 23.1 Å². The molecule has 1 aromatic heterocycles. The summed E-state index contributed by atoms with van der Waals surface area (Å²) in [6.07, 6.45) is 0.758. The number of fused-ring (bicyclic) bond motifs is 1. The standard InChI is InChI=1S/C12H13ClN4O2S2/c1-7-4-8-5-9(21(14,18)19)2-3-11(8)17(7)6-10-12(13)20-16-15-10/h2-3,5,7H,4,6H2,1H3,(H2,14,18,19)/t7-/m1/s1. The van der Waals surface area contributed by atoms with E-state index in [1.54, 1.807) is 12.1 Å². The first-order valence-electron chi connectivity index (χ1n) is 6.25. The maximum Gasteiger partial charge on any atom is 0.238 e. The van der Waals surface area contributed by atoms with Gasteiger partial charge in [-0.25, -0.2) is 13.6 Å². The average Bonchev–Trinajstić information content (AvgIpc) is 2.93. The summed E-state index contributed by atoms with van der Waals surface area (Å²) in [5, 5.41) is 9.20. The van der Waals surface area contributed by atoms with Crippen molar-refractivity contribution < 1.29 is 8.42 Å². The van der Waals surface area contributed by atoms with Gasteiger partial charge >= 0.3 is 0 Å². The zero-order valence-electron chi connectivity index (χ0n) is 11.2. The van der Waals surface area contributed by atoms with Gasteiger partial charge in [0.2, 0.25) is 10.0 Å². The van der Waals surface area contributed by atoms with E-state index in [0.29, 0.717) is 10.9 Å². The maximum atomic E-state index is 11.4. The Morgan fingerprint density at radius 2 is 2.29 bits per heavy atom. The number of hydrogen-bond donors (Lipinski definition) is 1. The zero-order chi connectivity index (χ0) is 15.2. The van der Waals surface area contributed by atoms with E-state index in [-0.39, 0.29) is 10.9 Å². The van der Waals surface area contributed by atoms with E-state index in [1.807, 2.05) is 0 Å². The van der Waals surface area contributed by atoms with Crippen molar-refractivity contribution in [3.8, 4) is 0 Å². The minimum Gasteiger partial charge on any atom is -0.362 e. The highest BCUT2D eigenvalue weighted by Gasteiger charge is 2.28. The first-order chi connectivity index (χ1) is 9.86. The maximum absolute atomic E-state index is 11.4. The highest BCUT2D eigenvalue weighted by Crippen LogP contribution is 2.35. The lowest BCUT2D eigenvalue weighted by Gasteiger charge is -2.23. The van der Waals surface area contributed by atoms with Crippen molar-refractivity contribution in [1.29, 1.82) is 0 Å². The van der Waals surface area contributed by atoms with E-state index in [4.69, 9.17) is 16.7 Å². The molecule has 9 heteroatoms. The molecule has 0 unspecified atom stereocenters. The first-order valence-corrected chi connectivity index (χ1v) is 8.95. The van der Waals surface area contributed by atoms with Crippen LogP contribution in [0, 0.1) is 0 Å². The molecule has 3 rings (SSSR count). The summed E-state index contributed by atoms with van der Waals surface area (Å²) in [4.78, 5) is 2.29. The van der Waals surface area contributed by atoms with Gasteiger partial charge in [0.05, 0.1) is 11.4 Å². The second-order valence-corrected chi connectivity index (χ2v) is 7.93. The van der Waals surface area contributed by atoms with Crippen molar-refractivity contribution in [2.24, 2.45) is 5.14 Å². The van der Waals surface area contributed by atoms with Gasteiger partial charge < -0.3 is 4.90 Å². The Morgan fingerprint density at radius 1 is 1.52 bits per heavy atom. The highest BCUT2D eigenvalue weighted by molar-refractivity contribution is 7.89. The molecule has 1 aliphatic rings. The monoisotopic (exact) mass is 344 g/mol. The van der Waals surface area contributed by atoms with E-state index in [2.05, 4.69) is 21.4 Å². The van der Waals surface area contributed by atoms with Crippen LogP contribution in [0.15, 0.2) is 23.1 Å². The van der Waals surface area contributed by atoms with E-state index in [9.17, 15) is 8.42 Å². The normalized spacial score (nSPS) is 18.0. The number of nitrogens with two attached hydrogens (primary N) is 1. The van der Waals surface area contributed by atoms with Crippen molar-refractivity contribution in [2.75, 3.05) is 4.90 Å². The lowest BCUT2D eigenvalue weighted by molar-refractivity contribution is 0.597. The quantitative estimate of drug-likeness (QED) is 0.916. The van der Waals surface area contributed by atoms with Crippen LogP contribution in [0.1, 0.15) is 18.2 Å². The van der Waals surface area contributed by atoms with E-state index in [0.717, 1.165) is 34.9 Å². The predicted molar refractivity (Wildman–Crippen MR) is 82.1 cm³/mol. The number of primary sulfonamides is 1. The first kappa shape index (κ1) is 14.7. The second-order valence-electron chi connectivity index (χ2n) is 5.01. The lowest BCUT2D eigenvalue weighted by Crippen LogP contribution is -2.28. The Hall–Kier alpha value is -1.22. The van der Waals surface area contributed by atoms with Gasteiger partial charge in [-0.15, -0.1) is 5.10 Å². The van der Waals surface area contributed by atoms with Crippen molar-refractivity contribution in [3.05, 3.63) is 33.8 Å². The minimum atomic E-state index is -3.68. The number of sulfonamides is 1. The highest BCUT2D eigenvalue weighted by atomic mass is 35.5. The fourth-order valence-corrected chi connectivity index (χ4v) is 3.72. The van der Waals surface area contributed by atoms with Gasteiger partial charge in [0.15, 0.2) is 0 Å². The Kier molecular flexibility index (Phi) is 3.64. The lowest BCUT2D eigenvalue weighted by atomic mass is 10.1. The molecule has 1 aromatic carbocycles.